The van der Waals surface area contributed by atoms with Gasteiger partial charge in [-0.15, -0.1) is 0 Å². The van der Waals surface area contributed by atoms with Crippen LogP contribution in [0, 0.1) is 0 Å². The van der Waals surface area contributed by atoms with Crippen LogP contribution in [0.3, 0.4) is 0 Å². The standard InChI is InChI=1S/C32H37Cl2N3O4S/c1-35(2)32(21-24-8-4-3-5-9-24)16-18-36(19-17-32)31(38)23-41-22-26-13-12-25-10-6-7-11-30(25)37(26)42(39,40)27-14-15-28(33)29(34)20-27/h3-11,14-15,20,26H,12-13,16-19,21-23H2,1-2H3. The van der Waals surface area contributed by atoms with Gasteiger partial charge in [0.15, 0.2) is 0 Å². The van der Waals surface area contributed by atoms with Crippen LogP contribution in [0.5, 0.6) is 0 Å². The van der Waals surface area contributed by atoms with Gasteiger partial charge in [-0.25, -0.2) is 8.42 Å². The summed E-state index contributed by atoms with van der Waals surface area (Å²) in [6, 6.07) is 21.8. The average Bonchev–Trinajstić information content (AvgIpc) is 2.99. The molecule has 1 unspecified atom stereocenters. The second-order valence-electron chi connectivity index (χ2n) is 11.4. The van der Waals surface area contributed by atoms with Crippen molar-refractivity contribution in [2.75, 3.05) is 44.7 Å². The van der Waals surface area contributed by atoms with Crippen LogP contribution < -0.4 is 4.31 Å². The van der Waals surface area contributed by atoms with E-state index in [-0.39, 0.29) is 39.6 Å². The highest BCUT2D eigenvalue weighted by Crippen LogP contribution is 2.37. The third kappa shape index (κ3) is 6.48. The Morgan fingerprint density at radius 2 is 1.67 bits per heavy atom. The fraction of sp³-hybridized carbons (Fsp3) is 0.406. The number of rotatable bonds is 9. The molecule has 1 saturated heterocycles. The zero-order chi connectivity index (χ0) is 29.9. The van der Waals surface area contributed by atoms with E-state index >= 15 is 0 Å². The van der Waals surface area contributed by atoms with Crippen molar-refractivity contribution >= 4 is 44.8 Å². The molecule has 0 bridgehead atoms. The number of sulfonamides is 1. The van der Waals surface area contributed by atoms with Crippen molar-refractivity contribution in [1.29, 1.82) is 0 Å². The number of halogens is 2. The Kier molecular flexibility index (Phi) is 9.50. The van der Waals surface area contributed by atoms with Crippen LogP contribution >= 0.6 is 23.2 Å². The molecule has 2 aliphatic heterocycles. The molecule has 42 heavy (non-hydrogen) atoms. The molecular weight excluding hydrogens is 593 g/mol. The number of fused-ring (bicyclic) bond motifs is 1. The van der Waals surface area contributed by atoms with Crippen molar-refractivity contribution in [2.24, 2.45) is 0 Å². The molecule has 224 valence electrons. The summed E-state index contributed by atoms with van der Waals surface area (Å²) in [4.78, 5) is 17.4. The Morgan fingerprint density at radius 1 is 0.976 bits per heavy atom. The SMILES string of the molecule is CN(C)C1(Cc2ccccc2)CCN(C(=O)COCC2CCc3ccccc3N2S(=O)(=O)c2ccc(Cl)c(Cl)c2)CC1. The molecule has 0 aromatic heterocycles. The number of nitrogens with zero attached hydrogens (tertiary/aromatic N) is 3. The molecule has 2 aliphatic rings. The van der Waals surface area contributed by atoms with Gasteiger partial charge in [0.25, 0.3) is 10.0 Å². The van der Waals surface area contributed by atoms with Crippen LogP contribution in [-0.2, 0) is 32.4 Å². The van der Waals surface area contributed by atoms with Crippen LogP contribution in [0.1, 0.15) is 30.4 Å². The van der Waals surface area contributed by atoms with Gasteiger partial charge < -0.3 is 14.5 Å². The van der Waals surface area contributed by atoms with E-state index in [0.717, 1.165) is 24.8 Å². The van der Waals surface area contributed by atoms with E-state index in [2.05, 4.69) is 43.3 Å². The maximum atomic E-state index is 13.9. The smallest absolute Gasteiger partial charge is 0.264 e. The predicted molar refractivity (Wildman–Crippen MR) is 168 cm³/mol. The highest BCUT2D eigenvalue weighted by atomic mass is 35.5. The van der Waals surface area contributed by atoms with Crippen molar-refractivity contribution in [3.05, 3.63) is 94.0 Å². The number of carbonyl (C=O) groups excluding carboxylic acids is 1. The molecule has 0 spiro atoms. The number of hydrogen-bond donors (Lipinski definition) is 0. The first-order valence-electron chi connectivity index (χ1n) is 14.2. The number of anilines is 1. The third-order valence-corrected chi connectivity index (χ3v) is 11.3. The molecular formula is C32H37Cl2N3O4S. The number of likely N-dealkylation sites (tertiary alicyclic amines) is 1. The molecule has 3 aromatic carbocycles. The fourth-order valence-corrected chi connectivity index (χ4v) is 8.20. The molecule has 0 N–H and O–H groups in total. The molecule has 0 aliphatic carbocycles. The first kappa shape index (κ1) is 30.8. The van der Waals surface area contributed by atoms with Gasteiger partial charge >= 0.3 is 0 Å². The molecule has 7 nitrogen and oxygen atoms in total. The predicted octanol–water partition coefficient (Wildman–Crippen LogP) is 5.69. The van der Waals surface area contributed by atoms with Gasteiger partial charge in [0.05, 0.1) is 33.3 Å². The minimum Gasteiger partial charge on any atom is -0.369 e. The summed E-state index contributed by atoms with van der Waals surface area (Å²) >= 11 is 12.2. The topological polar surface area (TPSA) is 70.2 Å². The summed E-state index contributed by atoms with van der Waals surface area (Å²) in [6.07, 6.45) is 3.96. The van der Waals surface area contributed by atoms with E-state index < -0.39 is 16.1 Å². The maximum Gasteiger partial charge on any atom is 0.264 e. The van der Waals surface area contributed by atoms with Gasteiger partial charge in [0.1, 0.15) is 6.61 Å². The van der Waals surface area contributed by atoms with E-state index in [4.69, 9.17) is 27.9 Å². The van der Waals surface area contributed by atoms with Gasteiger partial charge in [-0.05, 0) is 81.6 Å². The van der Waals surface area contributed by atoms with Crippen LogP contribution in [0.4, 0.5) is 5.69 Å². The normalized spacial score (nSPS) is 18.6. The summed E-state index contributed by atoms with van der Waals surface area (Å²) in [7, 11) is 0.258. The lowest BCUT2D eigenvalue weighted by atomic mass is 9.80. The Bertz CT molecular complexity index is 1510. The molecule has 2 heterocycles. The molecule has 10 heteroatoms. The van der Waals surface area contributed by atoms with Crippen molar-refractivity contribution in [2.45, 2.75) is 48.6 Å². The minimum absolute atomic E-state index is 0.00605. The lowest BCUT2D eigenvalue weighted by molar-refractivity contribution is -0.138. The lowest BCUT2D eigenvalue weighted by Gasteiger charge is -2.46. The summed E-state index contributed by atoms with van der Waals surface area (Å²) in [5, 5.41) is 0.457. The summed E-state index contributed by atoms with van der Waals surface area (Å²) in [5.41, 5.74) is 2.85. The Hall–Kier alpha value is -2.62. The van der Waals surface area contributed by atoms with E-state index in [1.807, 2.05) is 35.2 Å². The van der Waals surface area contributed by atoms with Crippen molar-refractivity contribution in [3.63, 3.8) is 0 Å². The largest absolute Gasteiger partial charge is 0.369 e. The second-order valence-corrected chi connectivity index (χ2v) is 14.0. The summed E-state index contributed by atoms with van der Waals surface area (Å²) in [6.45, 7) is 1.32. The number of para-hydroxylation sites is 1. The van der Waals surface area contributed by atoms with Gasteiger partial charge in [0, 0.05) is 18.6 Å². The quantitative estimate of drug-likeness (QED) is 0.304. The Balaban J connectivity index is 1.24. The molecule has 1 amide bonds. The van der Waals surface area contributed by atoms with Crippen molar-refractivity contribution in [3.8, 4) is 0 Å². The van der Waals surface area contributed by atoms with Crippen LogP contribution in [0.15, 0.2) is 77.7 Å². The number of carbonyl (C=O) groups is 1. The van der Waals surface area contributed by atoms with Gasteiger partial charge in [-0.3, -0.25) is 9.10 Å². The molecule has 3 aromatic rings. The van der Waals surface area contributed by atoms with E-state index in [0.29, 0.717) is 31.6 Å². The maximum absolute atomic E-state index is 13.9. The number of ether oxygens (including phenoxy) is 1. The number of benzene rings is 3. The monoisotopic (exact) mass is 629 g/mol. The minimum atomic E-state index is -3.97. The summed E-state index contributed by atoms with van der Waals surface area (Å²) in [5.74, 6) is -0.0721. The molecule has 0 saturated carbocycles. The van der Waals surface area contributed by atoms with E-state index in [9.17, 15) is 13.2 Å². The van der Waals surface area contributed by atoms with Gasteiger partial charge in [0.2, 0.25) is 5.91 Å². The lowest BCUT2D eigenvalue weighted by Crippen LogP contribution is -2.55. The molecule has 1 fully saturated rings. The second kappa shape index (κ2) is 12.9. The van der Waals surface area contributed by atoms with Gasteiger partial charge in [-0.1, -0.05) is 71.7 Å². The fourth-order valence-electron chi connectivity index (χ4n) is 6.10. The summed E-state index contributed by atoms with van der Waals surface area (Å²) < 4.78 is 35.2. The molecule has 0 radical (unpaired) electrons. The van der Waals surface area contributed by atoms with Crippen molar-refractivity contribution in [1.82, 2.24) is 9.80 Å². The number of hydrogen-bond acceptors (Lipinski definition) is 5. The number of piperidine rings is 1. The first-order valence-corrected chi connectivity index (χ1v) is 16.4. The Morgan fingerprint density at radius 3 is 2.36 bits per heavy atom. The zero-order valence-electron chi connectivity index (χ0n) is 24.0. The Labute approximate surface area is 259 Å². The van der Waals surface area contributed by atoms with Crippen LogP contribution in [0.25, 0.3) is 0 Å². The average molecular weight is 631 g/mol. The third-order valence-electron chi connectivity index (χ3n) is 8.66. The molecule has 5 rings (SSSR count). The van der Waals surface area contributed by atoms with Crippen LogP contribution in [-0.4, -0.2) is 76.1 Å². The number of aryl methyl sites for hydroxylation is 1. The van der Waals surface area contributed by atoms with Crippen molar-refractivity contribution < 1.29 is 17.9 Å². The highest BCUT2D eigenvalue weighted by Gasteiger charge is 2.39. The van der Waals surface area contributed by atoms with Gasteiger partial charge in [-0.2, -0.15) is 0 Å². The van der Waals surface area contributed by atoms with E-state index in [1.165, 1.54) is 28.1 Å². The zero-order valence-corrected chi connectivity index (χ0v) is 26.3. The van der Waals surface area contributed by atoms with E-state index in [1.54, 1.807) is 0 Å². The number of amides is 1. The molecule has 1 atom stereocenters. The first-order chi connectivity index (χ1) is 20.1. The highest BCUT2D eigenvalue weighted by molar-refractivity contribution is 7.92. The number of likely N-dealkylation sites (N-methyl/N-ethyl adjacent to an activating group) is 1. The van der Waals surface area contributed by atoms with Crippen LogP contribution in [0.2, 0.25) is 10.0 Å².